The fraction of sp³-hybridized carbons (Fsp3) is 0.917. The Bertz CT molecular complexity index is 200. The number of unbranched alkanes of at least 4 members (excludes halogenated alkanes) is 2. The zero-order valence-corrected chi connectivity index (χ0v) is 11.2. The van der Waals surface area contributed by atoms with Gasteiger partial charge in [-0.2, -0.15) is 0 Å². The number of amides is 1. The second-order valence-electron chi connectivity index (χ2n) is 4.12. The monoisotopic (exact) mass is 246 g/mol. The molecule has 0 spiro atoms. The summed E-state index contributed by atoms with van der Waals surface area (Å²) in [5, 5.41) is 0. The average Bonchev–Trinajstić information content (AvgIpc) is 2.33. The van der Waals surface area contributed by atoms with E-state index in [9.17, 15) is 4.79 Å². The molecular weight excluding hydrogens is 220 g/mol. The van der Waals surface area contributed by atoms with E-state index in [1.165, 1.54) is 0 Å². The van der Waals surface area contributed by atoms with E-state index in [2.05, 4.69) is 19.3 Å². The number of nitrogens with two attached hydrogens (primary N) is 1. The normalized spacial score (nSPS) is 14.4. The van der Waals surface area contributed by atoms with Crippen molar-refractivity contribution in [2.24, 2.45) is 5.73 Å². The van der Waals surface area contributed by atoms with Crippen LogP contribution in [0, 0.1) is 0 Å². The third-order valence-electron chi connectivity index (χ3n) is 2.46. The summed E-state index contributed by atoms with van der Waals surface area (Å²) in [5.74, 6) is -0.329. The van der Waals surface area contributed by atoms with Crippen molar-refractivity contribution in [1.29, 1.82) is 0 Å². The molecule has 2 atom stereocenters. The van der Waals surface area contributed by atoms with Crippen LogP contribution in [0.15, 0.2) is 0 Å². The first kappa shape index (κ1) is 16.4. The van der Waals surface area contributed by atoms with Crippen molar-refractivity contribution >= 4 is 5.91 Å². The lowest BCUT2D eigenvalue weighted by molar-refractivity contribution is -0.138. The molecule has 0 aliphatic rings. The van der Waals surface area contributed by atoms with E-state index in [1.807, 2.05) is 0 Å². The summed E-state index contributed by atoms with van der Waals surface area (Å²) < 4.78 is 5.45. The van der Waals surface area contributed by atoms with Gasteiger partial charge in [-0.3, -0.25) is 9.63 Å². The van der Waals surface area contributed by atoms with Crippen LogP contribution in [0.2, 0.25) is 0 Å². The molecule has 102 valence electrons. The first-order chi connectivity index (χ1) is 8.13. The van der Waals surface area contributed by atoms with E-state index in [0.717, 1.165) is 25.7 Å². The van der Waals surface area contributed by atoms with Crippen LogP contribution in [-0.2, 0) is 14.4 Å². The Hall–Kier alpha value is -0.650. The molecule has 1 unspecified atom stereocenters. The van der Waals surface area contributed by atoms with Crippen molar-refractivity contribution in [3.8, 4) is 0 Å². The minimum absolute atomic E-state index is 0.295. The Kier molecular flexibility index (Phi) is 10.1. The molecule has 5 heteroatoms. The molecule has 0 bridgehead atoms. The van der Waals surface area contributed by atoms with Gasteiger partial charge in [0.15, 0.2) is 0 Å². The number of hydrogen-bond donors (Lipinski definition) is 2. The summed E-state index contributed by atoms with van der Waals surface area (Å²) in [6, 6.07) is -0.687. The lowest BCUT2D eigenvalue weighted by Crippen LogP contribution is -2.48. The number of carbonyl (C=O) groups excluding carboxylic acids is 1. The molecule has 0 rings (SSSR count). The number of ether oxygens (including phenoxy) is 1. The molecule has 0 heterocycles. The molecule has 17 heavy (non-hydrogen) atoms. The van der Waals surface area contributed by atoms with E-state index in [-0.39, 0.29) is 12.0 Å². The van der Waals surface area contributed by atoms with Crippen LogP contribution >= 0.6 is 0 Å². The summed E-state index contributed by atoms with van der Waals surface area (Å²) in [5.41, 5.74) is 8.09. The minimum atomic E-state index is -0.687. The number of hydrogen-bond acceptors (Lipinski definition) is 4. The number of carbonyl (C=O) groups is 1. The highest BCUT2D eigenvalue weighted by atomic mass is 16.6. The van der Waals surface area contributed by atoms with E-state index in [1.54, 1.807) is 6.92 Å². The van der Waals surface area contributed by atoms with E-state index >= 15 is 0 Å². The van der Waals surface area contributed by atoms with E-state index in [4.69, 9.17) is 15.3 Å². The highest BCUT2D eigenvalue weighted by Gasteiger charge is 2.21. The Balaban J connectivity index is 3.70. The van der Waals surface area contributed by atoms with Crippen LogP contribution in [0.3, 0.4) is 0 Å². The van der Waals surface area contributed by atoms with Crippen LogP contribution in [0.1, 0.15) is 46.5 Å². The summed E-state index contributed by atoms with van der Waals surface area (Å²) >= 11 is 0. The molecule has 0 aliphatic carbocycles. The smallest absolute Gasteiger partial charge is 0.263 e. The van der Waals surface area contributed by atoms with Gasteiger partial charge in [0, 0.05) is 6.61 Å². The highest BCUT2D eigenvalue weighted by Crippen LogP contribution is 1.99. The molecule has 5 nitrogen and oxygen atoms in total. The fourth-order valence-electron chi connectivity index (χ4n) is 1.14. The van der Waals surface area contributed by atoms with Crippen molar-refractivity contribution in [3.63, 3.8) is 0 Å². The van der Waals surface area contributed by atoms with Gasteiger partial charge in [0.1, 0.15) is 6.04 Å². The first-order valence-electron chi connectivity index (χ1n) is 6.42. The van der Waals surface area contributed by atoms with Gasteiger partial charge in [-0.1, -0.05) is 26.7 Å². The highest BCUT2D eigenvalue weighted by molar-refractivity contribution is 5.81. The van der Waals surface area contributed by atoms with Crippen LogP contribution in [-0.4, -0.2) is 31.3 Å². The zero-order chi connectivity index (χ0) is 13.1. The molecule has 0 radical (unpaired) electrons. The minimum Gasteiger partial charge on any atom is -0.376 e. The van der Waals surface area contributed by atoms with Gasteiger partial charge >= 0.3 is 0 Å². The Morgan fingerprint density at radius 1 is 1.24 bits per heavy atom. The molecule has 3 N–H and O–H groups in total. The second-order valence-corrected chi connectivity index (χ2v) is 4.12. The van der Waals surface area contributed by atoms with Gasteiger partial charge in [-0.25, -0.2) is 5.48 Å². The van der Waals surface area contributed by atoms with Crippen LogP contribution in [0.4, 0.5) is 0 Å². The maximum Gasteiger partial charge on any atom is 0.263 e. The third kappa shape index (κ3) is 8.12. The van der Waals surface area contributed by atoms with Crippen molar-refractivity contribution in [2.75, 3.05) is 13.2 Å². The Labute approximate surface area is 104 Å². The quantitative estimate of drug-likeness (QED) is 0.451. The Morgan fingerprint density at radius 3 is 2.41 bits per heavy atom. The van der Waals surface area contributed by atoms with Crippen molar-refractivity contribution < 1.29 is 14.4 Å². The van der Waals surface area contributed by atoms with Crippen molar-refractivity contribution in [3.05, 3.63) is 0 Å². The summed E-state index contributed by atoms with van der Waals surface area (Å²) in [6.07, 6.45) is 3.69. The predicted molar refractivity (Wildman–Crippen MR) is 67.3 cm³/mol. The summed E-state index contributed by atoms with van der Waals surface area (Å²) in [6.45, 7) is 7.09. The van der Waals surface area contributed by atoms with Gasteiger partial charge in [-0.15, -0.1) is 0 Å². The molecule has 0 saturated carbocycles. The molecule has 0 aromatic carbocycles. The fourth-order valence-corrected chi connectivity index (χ4v) is 1.14. The molecule has 0 aliphatic heterocycles. The van der Waals surface area contributed by atoms with Gasteiger partial charge in [0.2, 0.25) is 0 Å². The van der Waals surface area contributed by atoms with Crippen LogP contribution in [0.25, 0.3) is 0 Å². The standard InChI is InChI=1S/C12H26N2O3/c1-4-6-8-16-10(3)11(13)12(15)14-17-9-7-5-2/h10-11H,4-9,13H2,1-3H3,(H,14,15)/t10-,11?/m1/s1. The van der Waals surface area contributed by atoms with Gasteiger partial charge < -0.3 is 10.5 Å². The molecule has 0 saturated heterocycles. The number of hydroxylamine groups is 1. The average molecular weight is 246 g/mol. The Morgan fingerprint density at radius 2 is 1.82 bits per heavy atom. The lowest BCUT2D eigenvalue weighted by atomic mass is 10.2. The van der Waals surface area contributed by atoms with Crippen LogP contribution in [0.5, 0.6) is 0 Å². The van der Waals surface area contributed by atoms with E-state index < -0.39 is 6.04 Å². The maximum absolute atomic E-state index is 11.5. The SMILES string of the molecule is CCCCONC(=O)C(N)[C@@H](C)OCCCC. The van der Waals surface area contributed by atoms with Crippen LogP contribution < -0.4 is 11.2 Å². The molecule has 0 aromatic heterocycles. The largest absolute Gasteiger partial charge is 0.376 e. The third-order valence-corrected chi connectivity index (χ3v) is 2.46. The maximum atomic E-state index is 11.5. The number of nitrogens with one attached hydrogen (secondary N) is 1. The molecular formula is C12H26N2O3. The topological polar surface area (TPSA) is 73.6 Å². The van der Waals surface area contributed by atoms with Crippen molar-refractivity contribution in [1.82, 2.24) is 5.48 Å². The lowest BCUT2D eigenvalue weighted by Gasteiger charge is -2.19. The molecule has 1 amide bonds. The van der Waals surface area contributed by atoms with E-state index in [0.29, 0.717) is 13.2 Å². The van der Waals surface area contributed by atoms with Gasteiger partial charge in [0.05, 0.1) is 12.7 Å². The first-order valence-corrected chi connectivity index (χ1v) is 6.42. The summed E-state index contributed by atoms with van der Waals surface area (Å²) in [4.78, 5) is 16.5. The second kappa shape index (κ2) is 10.5. The molecule has 0 fully saturated rings. The zero-order valence-electron chi connectivity index (χ0n) is 11.2. The molecule has 0 aromatic rings. The predicted octanol–water partition coefficient (Wildman–Crippen LogP) is 1.37. The van der Waals surface area contributed by atoms with Crippen molar-refractivity contribution in [2.45, 2.75) is 58.6 Å². The van der Waals surface area contributed by atoms with Gasteiger partial charge in [0.25, 0.3) is 5.91 Å². The summed E-state index contributed by atoms with van der Waals surface area (Å²) in [7, 11) is 0. The van der Waals surface area contributed by atoms with Gasteiger partial charge in [-0.05, 0) is 19.8 Å². The number of rotatable bonds is 10.